The van der Waals surface area contributed by atoms with Crippen LogP contribution in [0.25, 0.3) is 0 Å². The number of rotatable bonds is 7. The Kier molecular flexibility index (Phi) is 5.90. The highest BCUT2D eigenvalue weighted by Crippen LogP contribution is 2.27. The summed E-state index contributed by atoms with van der Waals surface area (Å²) in [6, 6.07) is 7.48. The molecule has 0 aromatic heterocycles. The van der Waals surface area contributed by atoms with Crippen molar-refractivity contribution in [3.8, 4) is 11.5 Å². The van der Waals surface area contributed by atoms with Gasteiger partial charge in [-0.1, -0.05) is 12.8 Å². The number of ether oxygens (including phenoxy) is 2. The Balaban J connectivity index is 1.67. The maximum Gasteiger partial charge on any atom is 0.222 e. The van der Waals surface area contributed by atoms with Crippen LogP contribution in [0.5, 0.6) is 11.5 Å². The predicted octanol–water partition coefficient (Wildman–Crippen LogP) is 3.11. The van der Waals surface area contributed by atoms with E-state index < -0.39 is 0 Å². The molecule has 0 bridgehead atoms. The summed E-state index contributed by atoms with van der Waals surface area (Å²) in [5, 5.41) is 0. The van der Waals surface area contributed by atoms with E-state index in [2.05, 4.69) is 0 Å². The van der Waals surface area contributed by atoms with Crippen molar-refractivity contribution in [1.82, 2.24) is 4.90 Å². The van der Waals surface area contributed by atoms with Crippen LogP contribution in [0.4, 0.5) is 0 Å². The summed E-state index contributed by atoms with van der Waals surface area (Å²) in [4.78, 5) is 13.9. The summed E-state index contributed by atoms with van der Waals surface area (Å²) in [5.41, 5.74) is 0. The van der Waals surface area contributed by atoms with Gasteiger partial charge in [-0.05, 0) is 43.0 Å². The number of benzene rings is 1. The Morgan fingerprint density at radius 3 is 2.43 bits per heavy atom. The maximum absolute atomic E-state index is 12.1. The molecule has 4 nitrogen and oxygen atoms in total. The van der Waals surface area contributed by atoms with Crippen molar-refractivity contribution in [2.24, 2.45) is 5.92 Å². The molecule has 1 fully saturated rings. The lowest BCUT2D eigenvalue weighted by molar-refractivity contribution is -0.131. The smallest absolute Gasteiger partial charge is 0.222 e. The van der Waals surface area contributed by atoms with Crippen molar-refractivity contribution in [2.75, 3.05) is 27.3 Å². The zero-order valence-corrected chi connectivity index (χ0v) is 13.0. The van der Waals surface area contributed by atoms with Crippen molar-refractivity contribution >= 4 is 5.91 Å². The minimum absolute atomic E-state index is 0.236. The Hall–Kier alpha value is -1.71. The Morgan fingerprint density at radius 2 is 1.81 bits per heavy atom. The molecule has 1 amide bonds. The number of hydrogen-bond acceptors (Lipinski definition) is 3. The molecule has 1 aliphatic rings. The molecule has 1 aromatic carbocycles. The number of likely N-dealkylation sites (N-methyl/N-ethyl adjacent to an activating group) is 1. The van der Waals surface area contributed by atoms with Crippen molar-refractivity contribution < 1.29 is 14.3 Å². The van der Waals surface area contributed by atoms with Gasteiger partial charge >= 0.3 is 0 Å². The lowest BCUT2D eigenvalue weighted by Gasteiger charge is -2.19. The standard InChI is InChI=1S/C17H25NO3/c1-18(17(19)13-14-5-3-4-6-14)11-12-21-16-9-7-15(20-2)8-10-16/h7-10,14H,3-6,11-13H2,1-2H3. The van der Waals surface area contributed by atoms with Gasteiger partial charge in [0.2, 0.25) is 5.91 Å². The monoisotopic (exact) mass is 291 g/mol. The topological polar surface area (TPSA) is 38.8 Å². The lowest BCUT2D eigenvalue weighted by Crippen LogP contribution is -2.31. The van der Waals surface area contributed by atoms with Gasteiger partial charge in [0, 0.05) is 13.5 Å². The van der Waals surface area contributed by atoms with Crippen molar-refractivity contribution in [3.63, 3.8) is 0 Å². The first-order chi connectivity index (χ1) is 10.2. The van der Waals surface area contributed by atoms with E-state index in [0.717, 1.165) is 11.5 Å². The molecule has 0 atom stereocenters. The van der Waals surface area contributed by atoms with Gasteiger partial charge in [0.25, 0.3) is 0 Å². The Morgan fingerprint density at radius 1 is 1.19 bits per heavy atom. The van der Waals surface area contributed by atoms with Gasteiger partial charge in [0.15, 0.2) is 0 Å². The number of hydrogen-bond donors (Lipinski definition) is 0. The first-order valence-corrected chi connectivity index (χ1v) is 7.70. The fourth-order valence-electron chi connectivity index (χ4n) is 2.71. The number of amides is 1. The van der Waals surface area contributed by atoms with Gasteiger partial charge in [-0.25, -0.2) is 0 Å². The van der Waals surface area contributed by atoms with E-state index >= 15 is 0 Å². The largest absolute Gasteiger partial charge is 0.497 e. The van der Waals surface area contributed by atoms with Crippen LogP contribution in [-0.2, 0) is 4.79 Å². The summed E-state index contributed by atoms with van der Waals surface area (Å²) in [6.07, 6.45) is 5.67. The first-order valence-electron chi connectivity index (χ1n) is 7.70. The van der Waals surface area contributed by atoms with E-state index in [-0.39, 0.29) is 5.91 Å². The Bertz CT molecular complexity index is 438. The molecule has 0 heterocycles. The summed E-state index contributed by atoms with van der Waals surface area (Å²) in [6.45, 7) is 1.14. The van der Waals surface area contributed by atoms with E-state index in [4.69, 9.17) is 9.47 Å². The van der Waals surface area contributed by atoms with Crippen LogP contribution in [0.1, 0.15) is 32.1 Å². The zero-order chi connectivity index (χ0) is 15.1. The third-order valence-electron chi connectivity index (χ3n) is 4.12. The molecule has 2 rings (SSSR count). The molecule has 21 heavy (non-hydrogen) atoms. The maximum atomic E-state index is 12.1. The average molecular weight is 291 g/mol. The summed E-state index contributed by atoms with van der Waals surface area (Å²) in [5.74, 6) is 2.45. The molecule has 0 aliphatic heterocycles. The van der Waals surface area contributed by atoms with Crippen LogP contribution < -0.4 is 9.47 Å². The fourth-order valence-corrected chi connectivity index (χ4v) is 2.71. The van der Waals surface area contributed by atoms with Crippen molar-refractivity contribution in [1.29, 1.82) is 0 Å². The van der Waals surface area contributed by atoms with Crippen LogP contribution in [0, 0.1) is 5.92 Å². The molecule has 0 spiro atoms. The van der Waals surface area contributed by atoms with E-state index in [1.807, 2.05) is 31.3 Å². The molecule has 1 aromatic rings. The third kappa shape index (κ3) is 4.96. The van der Waals surface area contributed by atoms with Crippen LogP contribution in [0.3, 0.4) is 0 Å². The molecule has 0 unspecified atom stereocenters. The second kappa shape index (κ2) is 7.91. The lowest BCUT2D eigenvalue weighted by atomic mass is 10.0. The molecular formula is C17H25NO3. The minimum atomic E-state index is 0.236. The van der Waals surface area contributed by atoms with E-state index in [1.165, 1.54) is 25.7 Å². The van der Waals surface area contributed by atoms with Crippen molar-refractivity contribution in [3.05, 3.63) is 24.3 Å². The van der Waals surface area contributed by atoms with Gasteiger partial charge < -0.3 is 14.4 Å². The minimum Gasteiger partial charge on any atom is -0.497 e. The molecule has 1 saturated carbocycles. The molecule has 0 N–H and O–H groups in total. The zero-order valence-electron chi connectivity index (χ0n) is 13.0. The summed E-state index contributed by atoms with van der Waals surface area (Å²) >= 11 is 0. The van der Waals surface area contributed by atoms with Crippen LogP contribution in [0.15, 0.2) is 24.3 Å². The number of carbonyl (C=O) groups excluding carboxylic acids is 1. The van der Waals surface area contributed by atoms with Gasteiger partial charge in [0.05, 0.1) is 13.7 Å². The normalized spacial score (nSPS) is 15.0. The highest BCUT2D eigenvalue weighted by atomic mass is 16.5. The van der Waals surface area contributed by atoms with Crippen LogP contribution in [-0.4, -0.2) is 38.1 Å². The molecule has 1 aliphatic carbocycles. The molecule has 116 valence electrons. The molecule has 0 radical (unpaired) electrons. The fraction of sp³-hybridized carbons (Fsp3) is 0.588. The van der Waals surface area contributed by atoms with Crippen molar-refractivity contribution in [2.45, 2.75) is 32.1 Å². The average Bonchev–Trinajstić information content (AvgIpc) is 3.00. The van der Waals surface area contributed by atoms with E-state index in [9.17, 15) is 4.79 Å². The SMILES string of the molecule is COc1ccc(OCCN(C)C(=O)CC2CCCC2)cc1. The second-order valence-electron chi connectivity index (χ2n) is 5.69. The van der Waals surface area contributed by atoms with Gasteiger partial charge in [-0.3, -0.25) is 4.79 Å². The van der Waals surface area contributed by atoms with E-state index in [1.54, 1.807) is 12.0 Å². The highest BCUT2D eigenvalue weighted by molar-refractivity contribution is 5.76. The summed E-state index contributed by atoms with van der Waals surface area (Å²) in [7, 11) is 3.50. The second-order valence-corrected chi connectivity index (χ2v) is 5.69. The summed E-state index contributed by atoms with van der Waals surface area (Å²) < 4.78 is 10.7. The Labute approximate surface area is 127 Å². The first kappa shape index (κ1) is 15.7. The third-order valence-corrected chi connectivity index (χ3v) is 4.12. The molecule has 0 saturated heterocycles. The van der Waals surface area contributed by atoms with Gasteiger partial charge in [0.1, 0.15) is 18.1 Å². The van der Waals surface area contributed by atoms with Gasteiger partial charge in [-0.2, -0.15) is 0 Å². The van der Waals surface area contributed by atoms with Crippen LogP contribution >= 0.6 is 0 Å². The number of nitrogens with zero attached hydrogens (tertiary/aromatic N) is 1. The quantitative estimate of drug-likeness (QED) is 0.775. The number of carbonyl (C=O) groups is 1. The number of methoxy groups -OCH3 is 1. The highest BCUT2D eigenvalue weighted by Gasteiger charge is 2.20. The van der Waals surface area contributed by atoms with Gasteiger partial charge in [-0.15, -0.1) is 0 Å². The predicted molar refractivity (Wildman–Crippen MR) is 82.7 cm³/mol. The molecule has 4 heteroatoms. The molecular weight excluding hydrogens is 266 g/mol. The van der Waals surface area contributed by atoms with E-state index in [0.29, 0.717) is 25.5 Å². The van der Waals surface area contributed by atoms with Crippen LogP contribution in [0.2, 0.25) is 0 Å².